The Kier molecular flexibility index (Phi) is 9.45. The monoisotopic (exact) mass is 567 g/mol. The normalized spacial score (nSPS) is 11.3. The molecule has 0 aliphatic carbocycles. The van der Waals surface area contributed by atoms with Crippen molar-refractivity contribution in [3.05, 3.63) is 142 Å². The van der Waals surface area contributed by atoms with Crippen molar-refractivity contribution in [2.75, 3.05) is 24.3 Å². The average molecular weight is 568 g/mol. The third kappa shape index (κ3) is 7.77. The van der Waals surface area contributed by atoms with Gasteiger partial charge in [-0.05, 0) is 78.4 Å². The molecule has 0 aliphatic rings. The van der Waals surface area contributed by atoms with E-state index in [1.165, 1.54) is 30.4 Å². The van der Waals surface area contributed by atoms with Crippen LogP contribution in [0.4, 0.5) is 15.8 Å². The second kappa shape index (κ2) is 13.4. The maximum Gasteiger partial charge on any atom is 0.272 e. The maximum absolute atomic E-state index is 14.5. The number of anilines is 2. The van der Waals surface area contributed by atoms with Gasteiger partial charge in [-0.2, -0.15) is 0 Å². The highest BCUT2D eigenvalue weighted by Crippen LogP contribution is 2.22. The van der Waals surface area contributed by atoms with E-state index in [1.54, 1.807) is 60.7 Å². The molecule has 8 heteroatoms. The molecule has 2 amide bonds. The summed E-state index contributed by atoms with van der Waals surface area (Å²) in [5.74, 6) is -2.11. The van der Waals surface area contributed by atoms with Crippen LogP contribution in [0.5, 0.6) is 0 Å². The van der Waals surface area contributed by atoms with Gasteiger partial charge in [0.2, 0.25) is 0 Å². The quantitative estimate of drug-likeness (QED) is 0.171. The smallest absolute Gasteiger partial charge is 0.272 e. The predicted molar refractivity (Wildman–Crippen MR) is 163 cm³/mol. The van der Waals surface area contributed by atoms with Gasteiger partial charge in [0.25, 0.3) is 11.8 Å². The highest BCUT2D eigenvalue weighted by atomic mass is 35.5. The molecule has 0 bridgehead atoms. The minimum absolute atomic E-state index is 0.0447. The molecule has 0 fully saturated rings. The van der Waals surface area contributed by atoms with E-state index in [4.69, 9.17) is 11.6 Å². The number of amides is 2. The molecular weight excluding hydrogens is 541 g/mol. The summed E-state index contributed by atoms with van der Waals surface area (Å²) in [7, 11) is 3.91. The van der Waals surface area contributed by atoms with Gasteiger partial charge in [0.15, 0.2) is 5.78 Å². The topological polar surface area (TPSA) is 78.5 Å². The van der Waals surface area contributed by atoms with Crippen LogP contribution < -0.4 is 15.5 Å². The number of halogens is 2. The van der Waals surface area contributed by atoms with Crippen LogP contribution in [0.3, 0.4) is 0 Å². The zero-order valence-electron chi connectivity index (χ0n) is 22.4. The second-order valence-corrected chi connectivity index (χ2v) is 9.64. The van der Waals surface area contributed by atoms with E-state index in [9.17, 15) is 18.8 Å². The van der Waals surface area contributed by atoms with E-state index < -0.39 is 17.6 Å². The zero-order chi connectivity index (χ0) is 29.4. The second-order valence-electron chi connectivity index (χ2n) is 9.23. The number of allylic oxidation sites excluding steroid dienone is 1. The largest absolute Gasteiger partial charge is 0.378 e. The number of hydrogen-bond acceptors (Lipinski definition) is 4. The molecule has 0 atom stereocenters. The van der Waals surface area contributed by atoms with Crippen LogP contribution in [-0.4, -0.2) is 31.7 Å². The molecule has 0 unspecified atom stereocenters. The van der Waals surface area contributed by atoms with E-state index in [-0.39, 0.29) is 22.1 Å². The van der Waals surface area contributed by atoms with Gasteiger partial charge in [0, 0.05) is 42.2 Å². The van der Waals surface area contributed by atoms with Gasteiger partial charge >= 0.3 is 0 Å². The maximum atomic E-state index is 14.5. The van der Waals surface area contributed by atoms with Crippen molar-refractivity contribution in [2.45, 2.75) is 0 Å². The van der Waals surface area contributed by atoms with E-state index in [0.29, 0.717) is 16.8 Å². The van der Waals surface area contributed by atoms with Crippen LogP contribution in [0.1, 0.15) is 31.8 Å². The molecule has 0 spiro atoms. The Morgan fingerprint density at radius 1 is 0.805 bits per heavy atom. The van der Waals surface area contributed by atoms with Crippen LogP contribution in [0.15, 0.2) is 109 Å². The Balaban J connectivity index is 1.50. The van der Waals surface area contributed by atoms with E-state index in [2.05, 4.69) is 10.6 Å². The summed E-state index contributed by atoms with van der Waals surface area (Å²) >= 11 is 6.15. The molecule has 0 saturated heterocycles. The fourth-order valence-corrected chi connectivity index (χ4v) is 4.02. The fraction of sp³-hybridized carbons (Fsp3) is 0.0606. The number of carbonyl (C=O) groups is 3. The minimum atomic E-state index is -0.700. The first-order chi connectivity index (χ1) is 19.7. The van der Waals surface area contributed by atoms with Gasteiger partial charge in [0.1, 0.15) is 11.5 Å². The highest BCUT2D eigenvalue weighted by molar-refractivity contribution is 6.32. The van der Waals surface area contributed by atoms with Crippen LogP contribution in [-0.2, 0) is 4.79 Å². The molecule has 6 nitrogen and oxygen atoms in total. The lowest BCUT2D eigenvalue weighted by Crippen LogP contribution is -2.30. The minimum Gasteiger partial charge on any atom is -0.378 e. The molecule has 0 radical (unpaired) electrons. The van der Waals surface area contributed by atoms with Gasteiger partial charge in [-0.1, -0.05) is 54.1 Å². The van der Waals surface area contributed by atoms with E-state index in [0.717, 1.165) is 11.3 Å². The van der Waals surface area contributed by atoms with Crippen molar-refractivity contribution in [3.63, 3.8) is 0 Å². The zero-order valence-corrected chi connectivity index (χ0v) is 23.2. The molecule has 0 aromatic heterocycles. The lowest BCUT2D eigenvalue weighted by atomic mass is 10.1. The van der Waals surface area contributed by atoms with Crippen LogP contribution in [0.2, 0.25) is 5.02 Å². The van der Waals surface area contributed by atoms with Crippen molar-refractivity contribution in [2.24, 2.45) is 0 Å². The van der Waals surface area contributed by atoms with Crippen LogP contribution >= 0.6 is 11.6 Å². The van der Waals surface area contributed by atoms with Gasteiger partial charge < -0.3 is 15.5 Å². The number of carbonyl (C=O) groups excluding carboxylic acids is 3. The molecule has 206 valence electrons. The first-order valence-corrected chi connectivity index (χ1v) is 13.0. The lowest BCUT2D eigenvalue weighted by Gasteiger charge is -2.12. The van der Waals surface area contributed by atoms with Crippen molar-refractivity contribution in [1.29, 1.82) is 0 Å². The Bertz CT molecular complexity index is 1590. The summed E-state index contributed by atoms with van der Waals surface area (Å²) in [6, 6.07) is 26.5. The Morgan fingerprint density at radius 3 is 2.12 bits per heavy atom. The Hall–Kier alpha value is -5.01. The summed E-state index contributed by atoms with van der Waals surface area (Å²) in [6.07, 6.45) is 4.40. The average Bonchev–Trinajstić information content (AvgIpc) is 2.98. The molecule has 4 aromatic rings. The van der Waals surface area contributed by atoms with Crippen molar-refractivity contribution >= 4 is 52.7 Å². The van der Waals surface area contributed by atoms with Crippen LogP contribution in [0.25, 0.3) is 12.2 Å². The molecule has 0 heterocycles. The number of rotatable bonds is 9. The van der Waals surface area contributed by atoms with E-state index in [1.807, 2.05) is 43.3 Å². The lowest BCUT2D eigenvalue weighted by molar-refractivity contribution is -0.113. The molecule has 41 heavy (non-hydrogen) atoms. The summed E-state index contributed by atoms with van der Waals surface area (Å²) in [4.78, 5) is 40.7. The van der Waals surface area contributed by atoms with Gasteiger partial charge in [-0.25, -0.2) is 4.39 Å². The number of ketones is 1. The van der Waals surface area contributed by atoms with Gasteiger partial charge in [0.05, 0.1) is 5.02 Å². The van der Waals surface area contributed by atoms with Crippen molar-refractivity contribution in [3.8, 4) is 0 Å². The Labute approximate surface area is 242 Å². The SMILES string of the molecule is CN(C)c1ccc(/C=C/C(=O)c2ccc(NC(=O)/C(=C/c3c(F)cccc3Cl)NC(=O)c3ccccc3)cc2)cc1. The van der Waals surface area contributed by atoms with Gasteiger partial charge in [-0.3, -0.25) is 14.4 Å². The number of nitrogens with one attached hydrogen (secondary N) is 2. The first kappa shape index (κ1) is 29.0. The number of hydrogen-bond donors (Lipinski definition) is 2. The summed E-state index contributed by atoms with van der Waals surface area (Å²) in [5.41, 5.74) is 2.80. The van der Waals surface area contributed by atoms with Crippen molar-refractivity contribution in [1.82, 2.24) is 5.32 Å². The van der Waals surface area contributed by atoms with Crippen LogP contribution in [0, 0.1) is 5.82 Å². The molecular formula is C33H27ClFN3O3. The fourth-order valence-electron chi connectivity index (χ4n) is 3.80. The Morgan fingerprint density at radius 2 is 1.49 bits per heavy atom. The standard InChI is InChI=1S/C33H27ClFN3O3/c1-38(2)26-18-11-22(12-19-26)13-20-31(39)23-14-16-25(17-15-23)36-33(41)30(21-27-28(34)9-6-10-29(27)35)37-32(40)24-7-4-3-5-8-24/h3-21H,1-2H3,(H,36,41)(H,37,40)/b20-13+,30-21-. The molecule has 4 rings (SSSR count). The molecule has 0 saturated carbocycles. The summed E-state index contributed by atoms with van der Waals surface area (Å²) in [6.45, 7) is 0. The summed E-state index contributed by atoms with van der Waals surface area (Å²) < 4.78 is 14.5. The van der Waals surface area contributed by atoms with Crippen molar-refractivity contribution < 1.29 is 18.8 Å². The number of benzene rings is 4. The third-order valence-corrected chi connectivity index (χ3v) is 6.41. The summed E-state index contributed by atoms with van der Waals surface area (Å²) in [5, 5.41) is 5.30. The van der Waals surface area contributed by atoms with E-state index >= 15 is 0 Å². The highest BCUT2D eigenvalue weighted by Gasteiger charge is 2.17. The number of nitrogens with zero attached hydrogens (tertiary/aromatic N) is 1. The molecule has 4 aromatic carbocycles. The molecule has 0 aliphatic heterocycles. The molecule has 2 N–H and O–H groups in total. The first-order valence-electron chi connectivity index (χ1n) is 12.6. The third-order valence-electron chi connectivity index (χ3n) is 6.08. The van der Waals surface area contributed by atoms with Gasteiger partial charge in [-0.15, -0.1) is 0 Å². The predicted octanol–water partition coefficient (Wildman–Crippen LogP) is 6.85.